The second kappa shape index (κ2) is 7.58. The molecule has 0 aromatic heterocycles. The van der Waals surface area contributed by atoms with Crippen LogP contribution in [-0.2, 0) is 15.8 Å². The average molecular weight is 331 g/mol. The Balaban J connectivity index is 1.87. The number of rotatable bonds is 6. The number of likely N-dealkylation sites (N-methyl/N-ethyl adjacent to an activating group) is 1. The molecule has 1 saturated heterocycles. The number of benzene rings is 1. The normalized spacial score (nSPS) is 17.3. The van der Waals surface area contributed by atoms with E-state index in [2.05, 4.69) is 4.90 Å². The molecule has 4 nitrogen and oxygen atoms in total. The van der Waals surface area contributed by atoms with Crippen molar-refractivity contribution in [3.05, 3.63) is 34.9 Å². The number of halogens is 1. The molecule has 2 rings (SSSR count). The second-order valence-electron chi connectivity index (χ2n) is 5.61. The number of hydrogen-bond acceptors (Lipinski definition) is 3. The lowest BCUT2D eigenvalue weighted by atomic mass is 10.1. The van der Waals surface area contributed by atoms with E-state index in [9.17, 15) is 8.42 Å². The lowest BCUT2D eigenvalue weighted by Crippen LogP contribution is -2.39. The van der Waals surface area contributed by atoms with Gasteiger partial charge in [-0.15, -0.1) is 0 Å². The van der Waals surface area contributed by atoms with Gasteiger partial charge in [-0.25, -0.2) is 12.7 Å². The van der Waals surface area contributed by atoms with Gasteiger partial charge in [0.05, 0.1) is 5.75 Å². The summed E-state index contributed by atoms with van der Waals surface area (Å²) in [5.74, 6) is 0.0284. The molecule has 0 spiro atoms. The van der Waals surface area contributed by atoms with Crippen molar-refractivity contribution in [2.75, 3.05) is 33.2 Å². The number of nitrogens with zero attached hydrogens (tertiary/aromatic N) is 2. The van der Waals surface area contributed by atoms with Crippen LogP contribution in [0.3, 0.4) is 0 Å². The molecular weight excluding hydrogens is 308 g/mol. The summed E-state index contributed by atoms with van der Waals surface area (Å²) in [4.78, 5) is 2.35. The van der Waals surface area contributed by atoms with Crippen molar-refractivity contribution in [2.24, 2.45) is 0 Å². The highest BCUT2D eigenvalue weighted by Gasteiger charge is 2.19. The number of piperidine rings is 1. The Morgan fingerprint density at radius 1 is 1.14 bits per heavy atom. The van der Waals surface area contributed by atoms with Gasteiger partial charge in [-0.2, -0.15) is 0 Å². The summed E-state index contributed by atoms with van der Waals surface area (Å²) in [6.45, 7) is 3.54. The largest absolute Gasteiger partial charge is 0.302 e. The van der Waals surface area contributed by atoms with Crippen LogP contribution in [0.2, 0.25) is 5.02 Å². The summed E-state index contributed by atoms with van der Waals surface area (Å²) in [6.07, 6.45) is 3.74. The third kappa shape index (κ3) is 5.25. The Morgan fingerprint density at radius 2 is 1.76 bits per heavy atom. The van der Waals surface area contributed by atoms with E-state index >= 15 is 0 Å². The number of sulfonamides is 1. The maximum atomic E-state index is 12.3. The molecule has 1 heterocycles. The SMILES string of the molecule is CN(CCN1CCCCC1)S(=O)(=O)Cc1ccc(Cl)cc1. The fourth-order valence-corrected chi connectivity index (χ4v) is 3.83. The van der Waals surface area contributed by atoms with E-state index in [4.69, 9.17) is 11.6 Å². The minimum absolute atomic E-state index is 0.0284. The summed E-state index contributed by atoms with van der Waals surface area (Å²) in [6, 6.07) is 6.97. The van der Waals surface area contributed by atoms with Crippen molar-refractivity contribution in [2.45, 2.75) is 25.0 Å². The molecule has 1 aromatic carbocycles. The maximum Gasteiger partial charge on any atom is 0.218 e. The molecule has 1 fully saturated rings. The van der Waals surface area contributed by atoms with Gasteiger partial charge in [0, 0.05) is 25.2 Å². The molecule has 6 heteroatoms. The quantitative estimate of drug-likeness (QED) is 0.805. The first-order valence-corrected chi connectivity index (χ1v) is 9.37. The molecule has 21 heavy (non-hydrogen) atoms. The third-order valence-electron chi connectivity index (χ3n) is 3.92. The van der Waals surface area contributed by atoms with Gasteiger partial charge in [0.15, 0.2) is 0 Å². The first-order chi connectivity index (χ1) is 9.97. The van der Waals surface area contributed by atoms with Crippen molar-refractivity contribution in [3.63, 3.8) is 0 Å². The summed E-state index contributed by atoms with van der Waals surface area (Å²) in [5, 5.41) is 0.620. The van der Waals surface area contributed by atoms with Crippen molar-refractivity contribution in [1.29, 1.82) is 0 Å². The highest BCUT2D eigenvalue weighted by Crippen LogP contribution is 2.14. The average Bonchev–Trinajstić information content (AvgIpc) is 2.48. The van der Waals surface area contributed by atoms with Gasteiger partial charge in [-0.05, 0) is 43.6 Å². The van der Waals surface area contributed by atoms with E-state index in [0.29, 0.717) is 11.6 Å². The summed E-state index contributed by atoms with van der Waals surface area (Å²) in [7, 11) is -1.60. The minimum Gasteiger partial charge on any atom is -0.302 e. The molecule has 118 valence electrons. The van der Waals surface area contributed by atoms with Gasteiger partial charge in [0.25, 0.3) is 0 Å². The smallest absolute Gasteiger partial charge is 0.218 e. The molecule has 1 aliphatic heterocycles. The first-order valence-electron chi connectivity index (χ1n) is 7.38. The predicted molar refractivity (Wildman–Crippen MR) is 87.0 cm³/mol. The molecule has 0 amide bonds. The number of hydrogen-bond donors (Lipinski definition) is 0. The van der Waals surface area contributed by atoms with Gasteiger partial charge in [0.1, 0.15) is 0 Å². The Morgan fingerprint density at radius 3 is 2.38 bits per heavy atom. The Bertz CT molecular complexity index is 539. The molecule has 0 bridgehead atoms. The number of likely N-dealkylation sites (tertiary alicyclic amines) is 1. The Labute approximate surface area is 132 Å². The standard InChI is InChI=1S/C15H23ClN2O2S/c1-17(11-12-18-9-3-2-4-10-18)21(19,20)13-14-5-7-15(16)8-6-14/h5-8H,2-4,9-13H2,1H3. The zero-order valence-corrected chi connectivity index (χ0v) is 14.0. The molecule has 0 radical (unpaired) electrons. The fraction of sp³-hybridized carbons (Fsp3) is 0.600. The lowest BCUT2D eigenvalue weighted by molar-refractivity contribution is 0.218. The third-order valence-corrected chi connectivity index (χ3v) is 6.00. The molecule has 1 aromatic rings. The molecule has 0 N–H and O–H groups in total. The molecular formula is C15H23ClN2O2S. The highest BCUT2D eigenvalue weighted by atomic mass is 35.5. The van der Waals surface area contributed by atoms with E-state index in [1.807, 2.05) is 0 Å². The van der Waals surface area contributed by atoms with Crippen LogP contribution in [0.15, 0.2) is 24.3 Å². The van der Waals surface area contributed by atoms with Gasteiger partial charge in [-0.1, -0.05) is 30.2 Å². The lowest BCUT2D eigenvalue weighted by Gasteiger charge is -2.28. The van der Waals surface area contributed by atoms with Gasteiger partial charge in [-0.3, -0.25) is 0 Å². The van der Waals surface area contributed by atoms with Crippen LogP contribution in [-0.4, -0.2) is 50.8 Å². The van der Waals surface area contributed by atoms with Crippen LogP contribution in [0, 0.1) is 0 Å². The van der Waals surface area contributed by atoms with E-state index < -0.39 is 10.0 Å². The monoisotopic (exact) mass is 330 g/mol. The molecule has 1 aliphatic rings. The predicted octanol–water partition coefficient (Wildman–Crippen LogP) is 2.59. The Hall–Kier alpha value is -0.620. The molecule has 0 saturated carbocycles. The summed E-state index contributed by atoms with van der Waals surface area (Å²) < 4.78 is 26.1. The zero-order valence-electron chi connectivity index (χ0n) is 12.5. The van der Waals surface area contributed by atoms with Crippen molar-refractivity contribution < 1.29 is 8.42 Å². The summed E-state index contributed by atoms with van der Waals surface area (Å²) >= 11 is 5.82. The zero-order chi connectivity index (χ0) is 15.3. The van der Waals surface area contributed by atoms with E-state index in [1.165, 1.54) is 23.6 Å². The van der Waals surface area contributed by atoms with Gasteiger partial charge in [0.2, 0.25) is 10.0 Å². The van der Waals surface area contributed by atoms with Gasteiger partial charge >= 0.3 is 0 Å². The summed E-state index contributed by atoms with van der Waals surface area (Å²) in [5.41, 5.74) is 0.768. The molecule has 0 atom stereocenters. The van der Waals surface area contributed by atoms with E-state index in [-0.39, 0.29) is 5.75 Å². The van der Waals surface area contributed by atoms with Crippen molar-refractivity contribution >= 4 is 21.6 Å². The van der Waals surface area contributed by atoms with Crippen LogP contribution in [0.25, 0.3) is 0 Å². The molecule has 0 aliphatic carbocycles. The van der Waals surface area contributed by atoms with Crippen LogP contribution in [0.1, 0.15) is 24.8 Å². The van der Waals surface area contributed by atoms with Crippen molar-refractivity contribution in [1.82, 2.24) is 9.21 Å². The van der Waals surface area contributed by atoms with E-state index in [1.54, 1.807) is 31.3 Å². The van der Waals surface area contributed by atoms with E-state index in [0.717, 1.165) is 25.2 Å². The van der Waals surface area contributed by atoms with Crippen LogP contribution in [0.4, 0.5) is 0 Å². The minimum atomic E-state index is -3.26. The van der Waals surface area contributed by atoms with Crippen LogP contribution in [0.5, 0.6) is 0 Å². The molecule has 0 unspecified atom stereocenters. The van der Waals surface area contributed by atoms with Crippen LogP contribution >= 0.6 is 11.6 Å². The Kier molecular flexibility index (Phi) is 6.05. The topological polar surface area (TPSA) is 40.6 Å². The van der Waals surface area contributed by atoms with Gasteiger partial charge < -0.3 is 4.90 Å². The second-order valence-corrected chi connectivity index (χ2v) is 8.12. The maximum absolute atomic E-state index is 12.3. The van der Waals surface area contributed by atoms with Crippen molar-refractivity contribution in [3.8, 4) is 0 Å². The fourth-order valence-electron chi connectivity index (χ4n) is 2.51. The highest BCUT2D eigenvalue weighted by molar-refractivity contribution is 7.88. The first kappa shape index (κ1) is 16.7. The van der Waals surface area contributed by atoms with Crippen LogP contribution < -0.4 is 0 Å².